The van der Waals surface area contributed by atoms with Gasteiger partial charge < -0.3 is 0 Å². The van der Waals surface area contributed by atoms with Gasteiger partial charge in [-0.1, -0.05) is 30.3 Å². The van der Waals surface area contributed by atoms with Crippen molar-refractivity contribution in [2.24, 2.45) is 5.92 Å². The summed E-state index contributed by atoms with van der Waals surface area (Å²) in [5.41, 5.74) is 3.22. The van der Waals surface area contributed by atoms with Gasteiger partial charge in [-0.15, -0.1) is 0 Å². The molecule has 96 valence electrons. The average Bonchev–Trinajstić information content (AvgIpc) is 2.48. The van der Waals surface area contributed by atoms with E-state index in [1.807, 2.05) is 42.6 Å². The van der Waals surface area contributed by atoms with E-state index in [9.17, 15) is 4.79 Å². The zero-order chi connectivity index (χ0) is 13.1. The molecule has 0 saturated heterocycles. The Hall–Kier alpha value is -1.96. The van der Waals surface area contributed by atoms with Gasteiger partial charge >= 0.3 is 0 Å². The minimum absolute atomic E-state index is 0.164. The molecular formula is C17H17NO. The number of carbonyl (C=O) groups is 1. The predicted molar refractivity (Wildman–Crippen MR) is 75.1 cm³/mol. The van der Waals surface area contributed by atoms with Gasteiger partial charge in [0.2, 0.25) is 0 Å². The fourth-order valence-electron chi connectivity index (χ4n) is 2.80. The standard InChI is InChI=1S/C17H17NO/c19-17-14(10-11-15-6-3-4-12-18-15)9-8-13-5-1-2-7-16(13)17/h1-7,12,14H,8-11H2/t14-/m0/s1. The lowest BCUT2D eigenvalue weighted by molar-refractivity contribution is 0.0895. The summed E-state index contributed by atoms with van der Waals surface area (Å²) in [6.07, 6.45) is 5.61. The second-order valence-electron chi connectivity index (χ2n) is 5.12. The van der Waals surface area contributed by atoms with Crippen LogP contribution in [0.15, 0.2) is 48.7 Å². The minimum Gasteiger partial charge on any atom is -0.294 e. The van der Waals surface area contributed by atoms with Crippen molar-refractivity contribution in [1.82, 2.24) is 4.98 Å². The zero-order valence-corrected chi connectivity index (χ0v) is 10.9. The Labute approximate surface area is 113 Å². The van der Waals surface area contributed by atoms with Crippen LogP contribution in [0.2, 0.25) is 0 Å². The number of rotatable bonds is 3. The Morgan fingerprint density at radius 2 is 1.95 bits per heavy atom. The molecule has 2 heteroatoms. The van der Waals surface area contributed by atoms with Gasteiger partial charge in [-0.3, -0.25) is 9.78 Å². The van der Waals surface area contributed by atoms with E-state index in [1.54, 1.807) is 0 Å². The van der Waals surface area contributed by atoms with Gasteiger partial charge in [0.25, 0.3) is 0 Å². The number of aryl methyl sites for hydroxylation is 2. The number of pyridine rings is 1. The van der Waals surface area contributed by atoms with Crippen LogP contribution in [-0.2, 0) is 12.8 Å². The maximum Gasteiger partial charge on any atom is 0.166 e. The van der Waals surface area contributed by atoms with Gasteiger partial charge in [0.1, 0.15) is 0 Å². The summed E-state index contributed by atoms with van der Waals surface area (Å²) in [5, 5.41) is 0. The van der Waals surface area contributed by atoms with Gasteiger partial charge in [-0.2, -0.15) is 0 Å². The van der Waals surface area contributed by atoms with Crippen molar-refractivity contribution >= 4 is 5.78 Å². The highest BCUT2D eigenvalue weighted by molar-refractivity contribution is 6.00. The summed E-state index contributed by atoms with van der Waals surface area (Å²) in [7, 11) is 0. The van der Waals surface area contributed by atoms with Crippen LogP contribution in [0.1, 0.15) is 34.5 Å². The third-order valence-corrected chi connectivity index (χ3v) is 3.89. The first-order valence-electron chi connectivity index (χ1n) is 6.86. The molecule has 1 aromatic heterocycles. The Kier molecular flexibility index (Phi) is 3.41. The van der Waals surface area contributed by atoms with E-state index < -0.39 is 0 Å². The maximum atomic E-state index is 12.4. The molecule has 0 spiro atoms. The third kappa shape index (κ3) is 2.58. The molecule has 2 aromatic rings. The van der Waals surface area contributed by atoms with Crippen molar-refractivity contribution in [1.29, 1.82) is 0 Å². The van der Waals surface area contributed by atoms with Crippen LogP contribution in [-0.4, -0.2) is 10.8 Å². The Morgan fingerprint density at radius 3 is 2.79 bits per heavy atom. The first kappa shape index (κ1) is 12.1. The molecule has 1 aliphatic carbocycles. The van der Waals surface area contributed by atoms with Crippen LogP contribution in [0, 0.1) is 5.92 Å². The molecule has 0 aliphatic heterocycles. The summed E-state index contributed by atoms with van der Waals surface area (Å²) in [6.45, 7) is 0. The maximum absolute atomic E-state index is 12.4. The Morgan fingerprint density at radius 1 is 1.11 bits per heavy atom. The lowest BCUT2D eigenvalue weighted by Gasteiger charge is -2.23. The average molecular weight is 251 g/mol. The van der Waals surface area contributed by atoms with Gasteiger partial charge in [0.05, 0.1) is 0 Å². The molecule has 2 nitrogen and oxygen atoms in total. The molecule has 19 heavy (non-hydrogen) atoms. The van der Waals surface area contributed by atoms with E-state index in [-0.39, 0.29) is 5.92 Å². The van der Waals surface area contributed by atoms with Crippen LogP contribution < -0.4 is 0 Å². The highest BCUT2D eigenvalue weighted by atomic mass is 16.1. The number of aromatic nitrogens is 1. The molecule has 1 atom stereocenters. The number of nitrogens with zero attached hydrogens (tertiary/aromatic N) is 1. The van der Waals surface area contributed by atoms with Gasteiger partial charge in [-0.05, 0) is 43.4 Å². The smallest absolute Gasteiger partial charge is 0.166 e. The summed E-state index contributed by atoms with van der Waals surface area (Å²) in [5.74, 6) is 0.481. The number of fused-ring (bicyclic) bond motifs is 1. The highest BCUT2D eigenvalue weighted by Crippen LogP contribution is 2.28. The first-order chi connectivity index (χ1) is 9.34. The van der Waals surface area contributed by atoms with Crippen LogP contribution in [0.4, 0.5) is 0 Å². The Balaban J connectivity index is 1.69. The van der Waals surface area contributed by atoms with Gasteiger partial charge in [0.15, 0.2) is 5.78 Å². The van der Waals surface area contributed by atoms with Gasteiger partial charge in [0, 0.05) is 23.4 Å². The van der Waals surface area contributed by atoms with Crippen molar-refractivity contribution in [3.63, 3.8) is 0 Å². The quantitative estimate of drug-likeness (QED) is 0.836. The number of ketones is 1. The molecule has 0 saturated carbocycles. The molecule has 0 N–H and O–H groups in total. The van der Waals surface area contributed by atoms with E-state index in [2.05, 4.69) is 11.1 Å². The summed E-state index contributed by atoms with van der Waals surface area (Å²) >= 11 is 0. The van der Waals surface area contributed by atoms with Gasteiger partial charge in [-0.25, -0.2) is 0 Å². The zero-order valence-electron chi connectivity index (χ0n) is 10.9. The lowest BCUT2D eigenvalue weighted by atomic mass is 9.80. The second kappa shape index (κ2) is 5.35. The van der Waals surface area contributed by atoms with E-state index in [4.69, 9.17) is 0 Å². The third-order valence-electron chi connectivity index (χ3n) is 3.89. The number of Topliss-reactive ketones (excluding diaryl/α,β-unsaturated/α-hetero) is 1. The molecule has 1 aromatic carbocycles. The van der Waals surface area contributed by atoms with E-state index in [0.717, 1.165) is 36.9 Å². The molecule has 1 aliphatic rings. The molecule has 0 radical (unpaired) electrons. The highest BCUT2D eigenvalue weighted by Gasteiger charge is 2.26. The summed E-state index contributed by atoms with van der Waals surface area (Å²) in [6, 6.07) is 14.0. The number of hydrogen-bond acceptors (Lipinski definition) is 2. The topological polar surface area (TPSA) is 30.0 Å². The van der Waals surface area contributed by atoms with Crippen molar-refractivity contribution in [3.05, 3.63) is 65.5 Å². The molecule has 1 heterocycles. The van der Waals surface area contributed by atoms with Crippen molar-refractivity contribution in [2.45, 2.75) is 25.7 Å². The van der Waals surface area contributed by atoms with E-state index in [1.165, 1.54) is 5.56 Å². The molecule has 0 amide bonds. The summed E-state index contributed by atoms with van der Waals surface area (Å²) in [4.78, 5) is 16.7. The van der Waals surface area contributed by atoms with Crippen LogP contribution in [0.25, 0.3) is 0 Å². The molecule has 0 bridgehead atoms. The number of hydrogen-bond donors (Lipinski definition) is 0. The predicted octanol–water partition coefficient (Wildman–Crippen LogP) is 3.46. The van der Waals surface area contributed by atoms with Crippen LogP contribution in [0.3, 0.4) is 0 Å². The first-order valence-corrected chi connectivity index (χ1v) is 6.86. The lowest BCUT2D eigenvalue weighted by Crippen LogP contribution is -2.23. The molecule has 0 fully saturated rings. The second-order valence-corrected chi connectivity index (χ2v) is 5.12. The Bertz CT molecular complexity index is 577. The monoisotopic (exact) mass is 251 g/mol. The largest absolute Gasteiger partial charge is 0.294 e. The summed E-state index contributed by atoms with van der Waals surface area (Å²) < 4.78 is 0. The van der Waals surface area contributed by atoms with Crippen molar-refractivity contribution in [2.75, 3.05) is 0 Å². The normalized spacial score (nSPS) is 18.1. The minimum atomic E-state index is 0.164. The fraction of sp³-hybridized carbons (Fsp3) is 0.294. The number of carbonyl (C=O) groups excluding carboxylic acids is 1. The fourth-order valence-corrected chi connectivity index (χ4v) is 2.80. The molecule has 0 unspecified atom stereocenters. The SMILES string of the molecule is O=C1c2ccccc2CC[C@H]1CCc1ccccn1. The van der Waals surface area contributed by atoms with Crippen molar-refractivity contribution < 1.29 is 4.79 Å². The van der Waals surface area contributed by atoms with Crippen molar-refractivity contribution in [3.8, 4) is 0 Å². The molecule has 3 rings (SSSR count). The van der Waals surface area contributed by atoms with Crippen LogP contribution in [0.5, 0.6) is 0 Å². The van der Waals surface area contributed by atoms with Crippen LogP contribution >= 0.6 is 0 Å². The molecular weight excluding hydrogens is 234 g/mol. The van der Waals surface area contributed by atoms with E-state index >= 15 is 0 Å². The number of benzene rings is 1. The van der Waals surface area contributed by atoms with E-state index in [0.29, 0.717) is 5.78 Å².